The average molecular weight is 415 g/mol. The predicted octanol–water partition coefficient (Wildman–Crippen LogP) is 2.58. The lowest BCUT2D eigenvalue weighted by Gasteiger charge is -2.34. The van der Waals surface area contributed by atoms with Crippen molar-refractivity contribution in [3.63, 3.8) is 0 Å². The van der Waals surface area contributed by atoms with E-state index in [4.69, 9.17) is 0 Å². The summed E-state index contributed by atoms with van der Waals surface area (Å²) in [5.74, 6) is 1.05. The van der Waals surface area contributed by atoms with E-state index < -0.39 is 0 Å². The summed E-state index contributed by atoms with van der Waals surface area (Å²) >= 11 is 3.24. The first kappa shape index (κ1) is 19.2. The quantitative estimate of drug-likeness (QED) is 0.642. The minimum Gasteiger partial charge on any atom is -0.336 e. The number of amides is 1. The highest BCUT2D eigenvalue weighted by Gasteiger charge is 2.22. The minimum atomic E-state index is -0.0417. The van der Waals surface area contributed by atoms with Crippen LogP contribution < -0.4 is 5.56 Å². The highest BCUT2D eigenvalue weighted by molar-refractivity contribution is 7.97. The molecule has 28 heavy (non-hydrogen) atoms. The van der Waals surface area contributed by atoms with Gasteiger partial charge in [0, 0.05) is 61.7 Å². The van der Waals surface area contributed by atoms with Gasteiger partial charge in [0.1, 0.15) is 0 Å². The first-order valence-corrected chi connectivity index (χ1v) is 11.5. The Morgan fingerprint density at radius 1 is 1.18 bits per heavy atom. The van der Waals surface area contributed by atoms with Crippen LogP contribution in [0.1, 0.15) is 21.6 Å². The summed E-state index contributed by atoms with van der Waals surface area (Å²) in [4.78, 5) is 34.3. The van der Waals surface area contributed by atoms with Crippen molar-refractivity contribution >= 4 is 34.0 Å². The molecule has 0 radical (unpaired) electrons. The monoisotopic (exact) mass is 414 g/mol. The van der Waals surface area contributed by atoms with Crippen molar-refractivity contribution in [1.82, 2.24) is 19.2 Å². The second-order valence-electron chi connectivity index (χ2n) is 6.84. The Morgan fingerprint density at radius 2 is 1.93 bits per heavy atom. The summed E-state index contributed by atoms with van der Waals surface area (Å²) in [6, 6.07) is 9.52. The number of fused-ring (bicyclic) bond motifs is 1. The number of benzene rings is 1. The molecule has 3 aromatic rings. The normalized spacial score (nSPS) is 15.2. The van der Waals surface area contributed by atoms with Gasteiger partial charge in [0.05, 0.1) is 5.69 Å². The van der Waals surface area contributed by atoms with Crippen molar-refractivity contribution in [2.75, 3.05) is 32.4 Å². The largest absolute Gasteiger partial charge is 0.336 e. The van der Waals surface area contributed by atoms with Gasteiger partial charge in [0.15, 0.2) is 4.96 Å². The van der Waals surface area contributed by atoms with Crippen molar-refractivity contribution in [2.45, 2.75) is 12.3 Å². The lowest BCUT2D eigenvalue weighted by atomic mass is 10.1. The van der Waals surface area contributed by atoms with Crippen LogP contribution in [-0.2, 0) is 12.3 Å². The zero-order valence-electron chi connectivity index (χ0n) is 15.7. The Balaban J connectivity index is 1.35. The molecule has 1 saturated heterocycles. The average Bonchev–Trinajstić information content (AvgIpc) is 3.18. The van der Waals surface area contributed by atoms with Gasteiger partial charge in [-0.1, -0.05) is 12.1 Å². The Bertz CT molecular complexity index is 1020. The molecule has 0 bridgehead atoms. The molecule has 2 aromatic heterocycles. The first-order valence-electron chi connectivity index (χ1n) is 9.19. The van der Waals surface area contributed by atoms with Gasteiger partial charge in [0.2, 0.25) is 0 Å². The van der Waals surface area contributed by atoms with Crippen LogP contribution in [0.5, 0.6) is 0 Å². The molecule has 4 rings (SSSR count). The van der Waals surface area contributed by atoms with Gasteiger partial charge in [0.25, 0.3) is 11.5 Å². The van der Waals surface area contributed by atoms with Crippen molar-refractivity contribution < 1.29 is 4.79 Å². The van der Waals surface area contributed by atoms with Crippen LogP contribution in [0.4, 0.5) is 0 Å². The lowest BCUT2D eigenvalue weighted by molar-refractivity contribution is 0.0627. The zero-order chi connectivity index (χ0) is 19.5. The molecule has 0 saturated carbocycles. The van der Waals surface area contributed by atoms with Crippen molar-refractivity contribution in [2.24, 2.45) is 0 Å². The smallest absolute Gasteiger partial charge is 0.258 e. The molecule has 6 nitrogen and oxygen atoms in total. The van der Waals surface area contributed by atoms with E-state index in [9.17, 15) is 9.59 Å². The van der Waals surface area contributed by atoms with Crippen molar-refractivity contribution in [3.05, 3.63) is 69.1 Å². The summed E-state index contributed by atoms with van der Waals surface area (Å²) in [6.07, 6.45) is 3.82. The molecular weight excluding hydrogens is 392 g/mol. The molecule has 1 fully saturated rings. The van der Waals surface area contributed by atoms with Crippen molar-refractivity contribution in [1.29, 1.82) is 0 Å². The number of hydrogen-bond acceptors (Lipinski definition) is 6. The van der Waals surface area contributed by atoms with E-state index in [1.807, 2.05) is 34.5 Å². The molecule has 3 heterocycles. The number of hydrogen-bond donors (Lipinski definition) is 0. The summed E-state index contributed by atoms with van der Waals surface area (Å²) in [5.41, 5.74) is 2.73. The van der Waals surface area contributed by atoms with Gasteiger partial charge in [-0.3, -0.25) is 18.9 Å². The summed E-state index contributed by atoms with van der Waals surface area (Å²) in [7, 11) is 0. The van der Waals surface area contributed by atoms with Crippen LogP contribution in [0.3, 0.4) is 0 Å². The fraction of sp³-hybridized carbons (Fsp3) is 0.350. The second-order valence-corrected chi connectivity index (χ2v) is 8.58. The molecule has 1 aliphatic heterocycles. The zero-order valence-corrected chi connectivity index (χ0v) is 17.3. The lowest BCUT2D eigenvalue weighted by Crippen LogP contribution is -2.48. The first-order chi connectivity index (χ1) is 13.6. The molecule has 0 N–H and O–H groups in total. The number of carbonyl (C=O) groups excluding carboxylic acids is 1. The molecule has 8 heteroatoms. The maximum atomic E-state index is 12.7. The highest BCUT2D eigenvalue weighted by atomic mass is 32.2. The van der Waals surface area contributed by atoms with Crippen LogP contribution in [-0.4, -0.2) is 57.5 Å². The molecule has 1 amide bonds. The van der Waals surface area contributed by atoms with Crippen LogP contribution in [0.2, 0.25) is 0 Å². The van der Waals surface area contributed by atoms with Crippen LogP contribution in [0.15, 0.2) is 46.7 Å². The van der Waals surface area contributed by atoms with Gasteiger partial charge >= 0.3 is 0 Å². The van der Waals surface area contributed by atoms with Gasteiger partial charge < -0.3 is 4.90 Å². The number of thioether (sulfide) groups is 1. The molecular formula is C20H22N4O2S2. The van der Waals surface area contributed by atoms with Crippen LogP contribution in [0, 0.1) is 0 Å². The van der Waals surface area contributed by atoms with Crippen LogP contribution >= 0.6 is 23.1 Å². The van der Waals surface area contributed by atoms with E-state index >= 15 is 0 Å². The summed E-state index contributed by atoms with van der Waals surface area (Å²) in [6.45, 7) is 3.57. The summed E-state index contributed by atoms with van der Waals surface area (Å²) < 4.78 is 1.56. The van der Waals surface area contributed by atoms with E-state index in [-0.39, 0.29) is 11.5 Å². The van der Waals surface area contributed by atoms with Gasteiger partial charge in [-0.2, -0.15) is 11.8 Å². The van der Waals surface area contributed by atoms with E-state index in [0.717, 1.165) is 35.1 Å². The minimum absolute atomic E-state index is 0.0417. The predicted molar refractivity (Wildman–Crippen MR) is 114 cm³/mol. The number of piperazine rings is 1. The summed E-state index contributed by atoms with van der Waals surface area (Å²) in [5, 5.41) is 1.87. The standard InChI is InChI=1S/C20H22N4O2S2/c1-27-14-15-2-4-16(5-3-15)19(26)23-8-6-22(7-9-23)13-17-12-18(25)24-10-11-28-20(24)21-17/h2-5,10-12H,6-9,13-14H2,1H3. The Hall–Kier alpha value is -2.16. The third kappa shape index (κ3) is 4.14. The highest BCUT2D eigenvalue weighted by Crippen LogP contribution is 2.15. The number of rotatable bonds is 5. The van der Waals surface area contributed by atoms with Gasteiger partial charge in [-0.05, 0) is 24.0 Å². The topological polar surface area (TPSA) is 57.9 Å². The second kappa shape index (κ2) is 8.46. The third-order valence-electron chi connectivity index (χ3n) is 4.91. The van der Waals surface area contributed by atoms with Crippen LogP contribution in [0.25, 0.3) is 4.96 Å². The molecule has 146 valence electrons. The van der Waals surface area contributed by atoms with Crippen molar-refractivity contribution in [3.8, 4) is 0 Å². The van der Waals surface area contributed by atoms with E-state index in [1.165, 1.54) is 16.9 Å². The fourth-order valence-electron chi connectivity index (χ4n) is 3.40. The SMILES string of the molecule is CSCc1ccc(C(=O)N2CCN(Cc3cc(=O)n4ccsc4n3)CC2)cc1. The number of nitrogens with zero attached hydrogens (tertiary/aromatic N) is 4. The Kier molecular flexibility index (Phi) is 5.79. The molecule has 0 unspecified atom stereocenters. The molecule has 0 spiro atoms. The van der Waals surface area contributed by atoms with Gasteiger partial charge in [-0.25, -0.2) is 4.98 Å². The molecule has 0 atom stereocenters. The number of carbonyl (C=O) groups is 1. The van der Waals surface area contributed by atoms with E-state index in [1.54, 1.807) is 28.4 Å². The number of thiazole rings is 1. The molecule has 1 aliphatic rings. The number of aromatic nitrogens is 2. The molecule has 1 aromatic carbocycles. The Morgan fingerprint density at radius 3 is 2.64 bits per heavy atom. The maximum Gasteiger partial charge on any atom is 0.258 e. The van der Waals surface area contributed by atoms with Gasteiger partial charge in [-0.15, -0.1) is 11.3 Å². The Labute approximate surface area is 171 Å². The van der Waals surface area contributed by atoms with E-state index in [2.05, 4.69) is 16.1 Å². The third-order valence-corrected chi connectivity index (χ3v) is 6.29. The fourth-order valence-corrected chi connectivity index (χ4v) is 4.66. The van der Waals surface area contributed by atoms with E-state index in [0.29, 0.717) is 19.6 Å². The molecule has 0 aliphatic carbocycles. The maximum absolute atomic E-state index is 12.7.